The van der Waals surface area contributed by atoms with Crippen LogP contribution in [0.1, 0.15) is 24.1 Å². The van der Waals surface area contributed by atoms with Crippen LogP contribution in [0, 0.1) is 0 Å². The highest BCUT2D eigenvalue weighted by molar-refractivity contribution is 7.77. The number of hydrogen-bond donors (Lipinski definition) is 1. The minimum atomic E-state index is -0.518. The quantitative estimate of drug-likeness (QED) is 0.800. The van der Waals surface area contributed by atoms with Crippen molar-refractivity contribution in [1.29, 1.82) is 0 Å². The van der Waals surface area contributed by atoms with Gasteiger partial charge in [0.2, 0.25) is 5.88 Å². The van der Waals surface area contributed by atoms with E-state index >= 15 is 0 Å². The SMILES string of the molecule is COc1nc2c(cc1NC(=O)[S-])CCCC2. The lowest BCUT2D eigenvalue weighted by molar-refractivity contribution is 0.270. The number of fused-ring (bicyclic) bond motifs is 1. The number of nitrogens with one attached hydrogen (secondary N) is 1. The van der Waals surface area contributed by atoms with Crippen LogP contribution < -0.4 is 10.1 Å². The van der Waals surface area contributed by atoms with Gasteiger partial charge in [-0.1, -0.05) is 0 Å². The van der Waals surface area contributed by atoms with Gasteiger partial charge in [0.05, 0.1) is 7.11 Å². The van der Waals surface area contributed by atoms with E-state index in [9.17, 15) is 4.79 Å². The molecule has 5 heteroatoms. The molecular weight excluding hydrogens is 224 g/mol. The second kappa shape index (κ2) is 4.65. The van der Waals surface area contributed by atoms with Crippen LogP contribution in [0.3, 0.4) is 0 Å². The minimum Gasteiger partial charge on any atom is -0.719 e. The molecule has 1 N–H and O–H groups in total. The van der Waals surface area contributed by atoms with Gasteiger partial charge < -0.3 is 27.5 Å². The molecule has 16 heavy (non-hydrogen) atoms. The molecule has 0 saturated carbocycles. The molecule has 0 unspecified atom stereocenters. The zero-order valence-electron chi connectivity index (χ0n) is 9.08. The van der Waals surface area contributed by atoms with Crippen molar-refractivity contribution in [3.63, 3.8) is 0 Å². The van der Waals surface area contributed by atoms with Crippen LogP contribution in [0.15, 0.2) is 6.07 Å². The zero-order chi connectivity index (χ0) is 11.5. The first kappa shape index (κ1) is 11.1. The van der Waals surface area contributed by atoms with E-state index in [0.717, 1.165) is 25.0 Å². The van der Waals surface area contributed by atoms with Gasteiger partial charge in [-0.05, 0) is 37.3 Å². The Balaban J connectivity index is 2.39. The lowest BCUT2D eigenvalue weighted by atomic mass is 9.96. The maximum atomic E-state index is 10.9. The number of anilines is 1. The lowest BCUT2D eigenvalue weighted by Gasteiger charge is -2.19. The van der Waals surface area contributed by atoms with Crippen LogP contribution in [0.4, 0.5) is 10.5 Å². The molecule has 1 amide bonds. The molecule has 1 heterocycles. The summed E-state index contributed by atoms with van der Waals surface area (Å²) in [7, 11) is 1.54. The van der Waals surface area contributed by atoms with Crippen molar-refractivity contribution in [2.24, 2.45) is 0 Å². The molecule has 0 aliphatic heterocycles. The average molecular weight is 237 g/mol. The highest BCUT2D eigenvalue weighted by Gasteiger charge is 2.15. The molecule has 0 atom stereocenters. The number of aromatic nitrogens is 1. The smallest absolute Gasteiger partial charge is 0.237 e. The fourth-order valence-electron chi connectivity index (χ4n) is 1.97. The van der Waals surface area contributed by atoms with Gasteiger partial charge in [-0.25, -0.2) is 4.98 Å². The highest BCUT2D eigenvalue weighted by atomic mass is 32.1. The molecule has 1 aliphatic rings. The summed E-state index contributed by atoms with van der Waals surface area (Å²) in [5, 5.41) is 2.05. The van der Waals surface area contributed by atoms with Crippen LogP contribution in [0.25, 0.3) is 0 Å². The Kier molecular flexibility index (Phi) is 3.24. The number of pyridine rings is 1. The van der Waals surface area contributed by atoms with E-state index in [1.165, 1.54) is 19.1 Å². The minimum absolute atomic E-state index is 0.443. The van der Waals surface area contributed by atoms with E-state index in [4.69, 9.17) is 4.74 Å². The van der Waals surface area contributed by atoms with Crippen molar-refractivity contribution in [2.75, 3.05) is 12.4 Å². The summed E-state index contributed by atoms with van der Waals surface area (Å²) < 4.78 is 5.14. The molecule has 0 bridgehead atoms. The third-order valence-electron chi connectivity index (χ3n) is 2.70. The lowest BCUT2D eigenvalue weighted by Crippen LogP contribution is -2.11. The van der Waals surface area contributed by atoms with Gasteiger partial charge in [0.1, 0.15) is 10.9 Å². The Morgan fingerprint density at radius 3 is 2.94 bits per heavy atom. The molecule has 0 aromatic carbocycles. The zero-order valence-corrected chi connectivity index (χ0v) is 9.89. The molecule has 86 valence electrons. The molecule has 0 radical (unpaired) electrons. The maximum Gasteiger partial charge on any atom is 0.237 e. The van der Waals surface area contributed by atoms with Crippen LogP contribution in [-0.4, -0.2) is 17.3 Å². The van der Waals surface area contributed by atoms with Crippen LogP contribution in [0.5, 0.6) is 5.88 Å². The number of carbonyl (C=O) groups is 1. The Morgan fingerprint density at radius 1 is 1.50 bits per heavy atom. The number of carbonyl (C=O) groups excluding carboxylic acids is 1. The number of hydrogen-bond acceptors (Lipinski definition) is 4. The third-order valence-corrected chi connectivity index (χ3v) is 2.80. The Bertz CT molecular complexity index is 421. The molecule has 2 rings (SSSR count). The predicted molar refractivity (Wildman–Crippen MR) is 63.8 cm³/mol. The highest BCUT2D eigenvalue weighted by Crippen LogP contribution is 2.29. The molecule has 4 nitrogen and oxygen atoms in total. The summed E-state index contributed by atoms with van der Waals surface area (Å²) in [6, 6.07) is 1.92. The summed E-state index contributed by atoms with van der Waals surface area (Å²) in [5.74, 6) is 0.443. The van der Waals surface area contributed by atoms with Gasteiger partial charge in [-0.2, -0.15) is 0 Å². The van der Waals surface area contributed by atoms with E-state index in [1.54, 1.807) is 0 Å². The molecule has 1 aromatic heterocycles. The summed E-state index contributed by atoms with van der Waals surface area (Å²) in [5.41, 5.74) is 2.83. The van der Waals surface area contributed by atoms with E-state index in [0.29, 0.717) is 11.6 Å². The van der Waals surface area contributed by atoms with Gasteiger partial charge in [-0.15, -0.1) is 0 Å². The first-order valence-electron chi connectivity index (χ1n) is 5.25. The van der Waals surface area contributed by atoms with Crippen molar-refractivity contribution in [3.8, 4) is 5.88 Å². The van der Waals surface area contributed by atoms with Gasteiger partial charge in [-0.3, -0.25) is 0 Å². The number of nitrogens with zero attached hydrogens (tertiary/aromatic N) is 1. The summed E-state index contributed by atoms with van der Waals surface area (Å²) in [6.45, 7) is 0. The standard InChI is InChI=1S/C11H14N2O2S/c1-15-10-9(13-11(14)16)6-7-4-2-3-5-8(7)12-10/h6H,2-5H2,1H3,(H2,13,14,16)/p-1. The number of amides is 1. The first-order chi connectivity index (χ1) is 7.70. The van der Waals surface area contributed by atoms with Gasteiger partial charge >= 0.3 is 0 Å². The van der Waals surface area contributed by atoms with E-state index < -0.39 is 5.24 Å². The molecule has 0 spiro atoms. The van der Waals surface area contributed by atoms with Crippen LogP contribution in [-0.2, 0) is 25.5 Å². The number of rotatable bonds is 2. The van der Waals surface area contributed by atoms with Crippen LogP contribution in [0.2, 0.25) is 0 Å². The average Bonchev–Trinajstić information content (AvgIpc) is 2.27. The Morgan fingerprint density at radius 2 is 2.25 bits per heavy atom. The largest absolute Gasteiger partial charge is 0.719 e. The fourth-order valence-corrected chi connectivity index (χ4v) is 2.08. The maximum absolute atomic E-state index is 10.9. The Hall–Kier alpha value is -1.36. The fraction of sp³-hybridized carbons (Fsp3) is 0.455. The number of ether oxygens (including phenoxy) is 1. The normalized spacial score (nSPS) is 14.1. The van der Waals surface area contributed by atoms with Gasteiger partial charge in [0.25, 0.3) is 0 Å². The molecular formula is C11H13N2O2S-. The van der Waals surface area contributed by atoms with E-state index in [2.05, 4.69) is 22.9 Å². The topological polar surface area (TPSA) is 51.2 Å². The van der Waals surface area contributed by atoms with E-state index in [1.807, 2.05) is 6.07 Å². The summed E-state index contributed by atoms with van der Waals surface area (Å²) in [4.78, 5) is 15.3. The Labute approximate surface area is 99.8 Å². The predicted octanol–water partition coefficient (Wildman–Crippen LogP) is 2.05. The van der Waals surface area contributed by atoms with Crippen molar-refractivity contribution >= 4 is 23.6 Å². The molecule has 1 aromatic rings. The van der Waals surface area contributed by atoms with Crippen LogP contribution >= 0.6 is 0 Å². The van der Waals surface area contributed by atoms with E-state index in [-0.39, 0.29) is 0 Å². The van der Waals surface area contributed by atoms with Crippen molar-refractivity contribution < 1.29 is 9.53 Å². The second-order valence-corrected chi connectivity index (χ2v) is 4.14. The number of methoxy groups -OCH3 is 1. The van der Waals surface area contributed by atoms with Gasteiger partial charge in [0, 0.05) is 5.69 Å². The third kappa shape index (κ3) is 2.24. The first-order valence-corrected chi connectivity index (χ1v) is 5.66. The molecule has 1 aliphatic carbocycles. The van der Waals surface area contributed by atoms with Gasteiger partial charge in [0.15, 0.2) is 0 Å². The number of aryl methyl sites for hydroxylation is 2. The monoisotopic (exact) mass is 237 g/mol. The molecule has 0 saturated heterocycles. The summed E-state index contributed by atoms with van der Waals surface area (Å²) >= 11 is 4.49. The summed E-state index contributed by atoms with van der Waals surface area (Å²) in [6.07, 6.45) is 4.32. The molecule has 0 fully saturated rings. The second-order valence-electron chi connectivity index (χ2n) is 3.77. The van der Waals surface area contributed by atoms with Crippen molar-refractivity contribution in [1.82, 2.24) is 4.98 Å². The van der Waals surface area contributed by atoms with Crippen molar-refractivity contribution in [3.05, 3.63) is 17.3 Å². The van der Waals surface area contributed by atoms with Crippen molar-refractivity contribution in [2.45, 2.75) is 25.7 Å².